The van der Waals surface area contributed by atoms with Crippen molar-refractivity contribution in [1.29, 1.82) is 0 Å². The lowest BCUT2D eigenvalue weighted by Crippen LogP contribution is -2.35. The van der Waals surface area contributed by atoms with Gasteiger partial charge >= 0.3 is 0 Å². The Bertz CT molecular complexity index is 474. The number of aliphatic hydroxyl groups excluding tert-OH is 2. The summed E-state index contributed by atoms with van der Waals surface area (Å²) >= 11 is 1.26. The fourth-order valence-electron chi connectivity index (χ4n) is 1.48. The average Bonchev–Trinajstić information content (AvgIpc) is 2.84. The minimum atomic E-state index is -0.701. The van der Waals surface area contributed by atoms with Gasteiger partial charge in [0.05, 0.1) is 22.5 Å². The van der Waals surface area contributed by atoms with E-state index in [9.17, 15) is 9.90 Å². The quantitative estimate of drug-likeness (QED) is 0.756. The molecule has 0 bridgehead atoms. The Morgan fingerprint density at radius 1 is 1.58 bits per heavy atom. The van der Waals surface area contributed by atoms with Crippen LogP contribution in [0.2, 0.25) is 0 Å². The number of ether oxygens (including phenoxy) is 1. The van der Waals surface area contributed by atoms with Crippen LogP contribution >= 0.6 is 11.3 Å². The van der Waals surface area contributed by atoms with Crippen molar-refractivity contribution >= 4 is 17.2 Å². The second kappa shape index (κ2) is 7.92. The molecule has 0 aliphatic carbocycles. The molecule has 19 heavy (non-hydrogen) atoms. The van der Waals surface area contributed by atoms with Gasteiger partial charge in [0.15, 0.2) is 0 Å². The zero-order valence-corrected chi connectivity index (χ0v) is 11.7. The van der Waals surface area contributed by atoms with Gasteiger partial charge in [-0.2, -0.15) is 0 Å². The van der Waals surface area contributed by atoms with Crippen molar-refractivity contribution in [3.63, 3.8) is 0 Å². The van der Waals surface area contributed by atoms with E-state index in [-0.39, 0.29) is 25.7 Å². The van der Waals surface area contributed by atoms with E-state index in [0.29, 0.717) is 4.88 Å². The Labute approximate surface area is 116 Å². The maximum atomic E-state index is 12.1. The summed E-state index contributed by atoms with van der Waals surface area (Å²) in [5.74, 6) is 5.11. The molecule has 0 aliphatic rings. The van der Waals surface area contributed by atoms with Crippen molar-refractivity contribution in [3.8, 4) is 11.8 Å². The minimum Gasteiger partial charge on any atom is -0.389 e. The van der Waals surface area contributed by atoms with Gasteiger partial charge in [0.2, 0.25) is 0 Å². The molecule has 0 radical (unpaired) electrons. The first kappa shape index (κ1) is 15.7. The maximum absolute atomic E-state index is 12.1. The molecule has 2 N–H and O–H groups in total. The summed E-state index contributed by atoms with van der Waals surface area (Å²) in [4.78, 5) is 14.8. The van der Waals surface area contributed by atoms with Gasteiger partial charge in [0, 0.05) is 20.7 Å². The molecule has 1 amide bonds. The van der Waals surface area contributed by atoms with E-state index in [4.69, 9.17) is 9.84 Å². The average molecular weight is 283 g/mol. The zero-order valence-electron chi connectivity index (χ0n) is 10.9. The van der Waals surface area contributed by atoms with Crippen molar-refractivity contribution in [2.45, 2.75) is 6.10 Å². The maximum Gasteiger partial charge on any atom is 0.263 e. The van der Waals surface area contributed by atoms with Crippen LogP contribution in [0.1, 0.15) is 14.5 Å². The third kappa shape index (κ3) is 5.01. The number of thiophene rings is 1. The second-order valence-electron chi connectivity index (χ2n) is 3.92. The Hall–Kier alpha value is -1.39. The zero-order chi connectivity index (χ0) is 14.3. The third-order valence-electron chi connectivity index (χ3n) is 2.30. The molecular formula is C13H17NO4S. The summed E-state index contributed by atoms with van der Waals surface area (Å²) in [6.45, 7) is 0.196. The van der Waals surface area contributed by atoms with Gasteiger partial charge in [0.25, 0.3) is 5.91 Å². The molecule has 0 aromatic carbocycles. The molecule has 6 heteroatoms. The highest BCUT2D eigenvalue weighted by molar-refractivity contribution is 7.14. The largest absolute Gasteiger partial charge is 0.389 e. The summed E-state index contributed by atoms with van der Waals surface area (Å²) in [5.41, 5.74) is 0. The molecule has 1 aromatic rings. The van der Waals surface area contributed by atoms with E-state index in [0.717, 1.165) is 4.88 Å². The third-order valence-corrected chi connectivity index (χ3v) is 3.29. The van der Waals surface area contributed by atoms with Crippen LogP contribution < -0.4 is 0 Å². The van der Waals surface area contributed by atoms with Crippen LogP contribution in [0.25, 0.3) is 0 Å². The fraction of sp³-hybridized carbons (Fsp3) is 0.462. The monoisotopic (exact) mass is 283 g/mol. The first-order valence-electron chi connectivity index (χ1n) is 5.70. The highest BCUT2D eigenvalue weighted by Crippen LogP contribution is 2.17. The van der Waals surface area contributed by atoms with Crippen LogP contribution in [-0.4, -0.2) is 61.0 Å². The molecule has 0 aliphatic heterocycles. The SMILES string of the molecule is COCC(O)CN(C)C(=O)c1ccc(C#CCO)s1. The van der Waals surface area contributed by atoms with E-state index in [1.807, 2.05) is 0 Å². The number of aliphatic hydroxyl groups is 2. The number of rotatable bonds is 5. The lowest BCUT2D eigenvalue weighted by atomic mass is 10.3. The first-order valence-corrected chi connectivity index (χ1v) is 6.52. The van der Waals surface area contributed by atoms with Gasteiger partial charge in [0.1, 0.15) is 6.61 Å². The molecule has 1 rings (SSSR count). The standard InChI is InChI=1S/C13H17NO4S/c1-14(8-10(16)9-18-2)13(17)12-6-5-11(19-12)4-3-7-15/h5-6,10,15-16H,7-9H2,1-2H3. The second-order valence-corrected chi connectivity index (χ2v) is 5.00. The van der Waals surface area contributed by atoms with Crippen LogP contribution in [-0.2, 0) is 4.74 Å². The summed E-state index contributed by atoms with van der Waals surface area (Å²) in [5, 5.41) is 18.2. The highest BCUT2D eigenvalue weighted by Gasteiger charge is 2.16. The predicted octanol–water partition coefficient (Wildman–Crippen LogP) is 0.171. The molecule has 0 saturated heterocycles. The van der Waals surface area contributed by atoms with Crippen molar-refractivity contribution in [3.05, 3.63) is 21.9 Å². The lowest BCUT2D eigenvalue weighted by molar-refractivity contribution is 0.0382. The van der Waals surface area contributed by atoms with E-state index >= 15 is 0 Å². The Kier molecular flexibility index (Phi) is 6.53. The van der Waals surface area contributed by atoms with E-state index < -0.39 is 6.10 Å². The molecule has 1 aromatic heterocycles. The number of hydrogen-bond donors (Lipinski definition) is 2. The molecule has 1 atom stereocenters. The molecule has 0 fully saturated rings. The van der Waals surface area contributed by atoms with Crippen molar-refractivity contribution < 1.29 is 19.7 Å². The number of amides is 1. The summed E-state index contributed by atoms with van der Waals surface area (Å²) in [6.07, 6.45) is -0.701. The number of carbonyl (C=O) groups is 1. The Morgan fingerprint density at radius 2 is 2.32 bits per heavy atom. The smallest absolute Gasteiger partial charge is 0.263 e. The number of carbonyl (C=O) groups excluding carboxylic acids is 1. The Balaban J connectivity index is 2.64. The van der Waals surface area contributed by atoms with Gasteiger partial charge in [-0.05, 0) is 12.1 Å². The number of hydrogen-bond acceptors (Lipinski definition) is 5. The van der Waals surface area contributed by atoms with Crippen LogP contribution in [0.15, 0.2) is 12.1 Å². The highest BCUT2D eigenvalue weighted by atomic mass is 32.1. The molecular weight excluding hydrogens is 266 g/mol. The minimum absolute atomic E-state index is 0.169. The van der Waals surface area contributed by atoms with E-state index in [2.05, 4.69) is 11.8 Å². The first-order chi connectivity index (χ1) is 9.08. The number of nitrogens with zero attached hydrogens (tertiary/aromatic N) is 1. The molecule has 0 spiro atoms. The summed E-state index contributed by atoms with van der Waals surface area (Å²) in [7, 11) is 3.12. The fourth-order valence-corrected chi connectivity index (χ4v) is 2.35. The topological polar surface area (TPSA) is 70.0 Å². The molecule has 104 valence electrons. The lowest BCUT2D eigenvalue weighted by Gasteiger charge is -2.19. The number of likely N-dealkylation sites (N-methyl/N-ethyl adjacent to an activating group) is 1. The van der Waals surface area contributed by atoms with Crippen LogP contribution in [0.3, 0.4) is 0 Å². The van der Waals surface area contributed by atoms with Crippen LogP contribution in [0, 0.1) is 11.8 Å². The molecule has 1 heterocycles. The van der Waals surface area contributed by atoms with Crippen LogP contribution in [0.5, 0.6) is 0 Å². The van der Waals surface area contributed by atoms with Gasteiger partial charge in [-0.1, -0.05) is 11.8 Å². The Morgan fingerprint density at radius 3 is 2.95 bits per heavy atom. The molecule has 5 nitrogen and oxygen atoms in total. The van der Waals surface area contributed by atoms with Gasteiger partial charge in [-0.3, -0.25) is 4.79 Å². The summed E-state index contributed by atoms with van der Waals surface area (Å²) in [6, 6.07) is 3.42. The van der Waals surface area contributed by atoms with E-state index in [1.165, 1.54) is 23.3 Å². The van der Waals surface area contributed by atoms with E-state index in [1.54, 1.807) is 19.2 Å². The van der Waals surface area contributed by atoms with Crippen LogP contribution in [0.4, 0.5) is 0 Å². The van der Waals surface area contributed by atoms with Gasteiger partial charge in [-0.25, -0.2) is 0 Å². The van der Waals surface area contributed by atoms with Crippen molar-refractivity contribution in [2.75, 3.05) is 33.9 Å². The van der Waals surface area contributed by atoms with Crippen molar-refractivity contribution in [2.24, 2.45) is 0 Å². The van der Waals surface area contributed by atoms with Gasteiger partial charge in [-0.15, -0.1) is 11.3 Å². The molecule has 1 unspecified atom stereocenters. The summed E-state index contributed by atoms with van der Waals surface area (Å²) < 4.78 is 4.81. The number of methoxy groups -OCH3 is 1. The van der Waals surface area contributed by atoms with Gasteiger partial charge < -0.3 is 19.8 Å². The molecule has 0 saturated carbocycles. The predicted molar refractivity (Wildman–Crippen MR) is 73.1 cm³/mol. The normalized spacial score (nSPS) is 11.6. The van der Waals surface area contributed by atoms with Crippen molar-refractivity contribution in [1.82, 2.24) is 4.90 Å².